The van der Waals surface area contributed by atoms with Crippen LogP contribution in [0.5, 0.6) is 5.75 Å². The summed E-state index contributed by atoms with van der Waals surface area (Å²) in [5.74, 6) is 0.0423. The second-order valence-corrected chi connectivity index (χ2v) is 9.64. The second kappa shape index (κ2) is 9.11. The van der Waals surface area contributed by atoms with Crippen molar-refractivity contribution in [3.8, 4) is 33.7 Å². The lowest BCUT2D eigenvalue weighted by atomic mass is 9.97. The number of hydrogen-bond acceptors (Lipinski definition) is 5. The minimum absolute atomic E-state index is 0.0965. The quantitative estimate of drug-likeness (QED) is 0.406. The number of imidazole rings is 1. The zero-order chi connectivity index (χ0) is 25.6. The van der Waals surface area contributed by atoms with E-state index in [1.54, 1.807) is 56.0 Å². The number of phenolic OH excluding ortho intramolecular Hbond substituents is 1. The molecule has 0 radical (unpaired) electrons. The standard InChI is InChI=1S/C27H26ClFN4O3/c1-3-27(36)7-9-32(16-27)24-13-18(6-8-30-24)21-15-19(29)14-20(25(21)34)17-4-5-23(22(28)12-17)33-11-10-31(2)26(33)35/h4-6,8,10-15,34,36H,3,7,9,16H2,1-2H3. The molecule has 0 bridgehead atoms. The third kappa shape index (κ3) is 4.27. The van der Waals surface area contributed by atoms with E-state index in [1.165, 1.54) is 21.3 Å². The molecule has 3 heterocycles. The Morgan fingerprint density at radius 3 is 2.44 bits per heavy atom. The fraction of sp³-hybridized carbons (Fsp3) is 0.259. The number of nitrogens with zero attached hydrogens (tertiary/aromatic N) is 4. The molecule has 1 aliphatic rings. The molecule has 1 saturated heterocycles. The smallest absolute Gasteiger partial charge is 0.332 e. The summed E-state index contributed by atoms with van der Waals surface area (Å²) in [5, 5.41) is 22.1. The lowest BCUT2D eigenvalue weighted by molar-refractivity contribution is 0.0593. The summed E-state index contributed by atoms with van der Waals surface area (Å²) >= 11 is 6.49. The lowest BCUT2D eigenvalue weighted by Crippen LogP contribution is -2.32. The van der Waals surface area contributed by atoms with E-state index in [0.717, 1.165) is 0 Å². The van der Waals surface area contributed by atoms with Gasteiger partial charge in [-0.1, -0.05) is 24.6 Å². The van der Waals surface area contributed by atoms with Gasteiger partial charge in [-0.2, -0.15) is 0 Å². The number of anilines is 1. The largest absolute Gasteiger partial charge is 0.507 e. The Bertz CT molecular complexity index is 1520. The number of rotatable bonds is 5. The van der Waals surface area contributed by atoms with Gasteiger partial charge in [-0.3, -0.25) is 4.57 Å². The van der Waals surface area contributed by atoms with Gasteiger partial charge in [0.15, 0.2) is 0 Å². The molecule has 1 unspecified atom stereocenters. The van der Waals surface area contributed by atoms with E-state index in [1.807, 2.05) is 11.8 Å². The Morgan fingerprint density at radius 2 is 1.83 bits per heavy atom. The monoisotopic (exact) mass is 508 g/mol. The van der Waals surface area contributed by atoms with Gasteiger partial charge in [-0.05, 0) is 60.4 Å². The van der Waals surface area contributed by atoms with Crippen LogP contribution in [0, 0.1) is 5.82 Å². The summed E-state index contributed by atoms with van der Waals surface area (Å²) < 4.78 is 17.6. The van der Waals surface area contributed by atoms with Crippen LogP contribution in [0.3, 0.4) is 0 Å². The van der Waals surface area contributed by atoms with Crippen LogP contribution in [0.1, 0.15) is 19.8 Å². The molecule has 2 aromatic carbocycles. The van der Waals surface area contributed by atoms with Gasteiger partial charge in [0.2, 0.25) is 0 Å². The first-order valence-electron chi connectivity index (χ1n) is 11.7. The third-order valence-electron chi connectivity index (χ3n) is 6.91. The topological polar surface area (TPSA) is 83.5 Å². The number of halogens is 2. The van der Waals surface area contributed by atoms with E-state index in [9.17, 15) is 19.4 Å². The Morgan fingerprint density at radius 1 is 1.11 bits per heavy atom. The molecular formula is C27H26ClFN4O3. The van der Waals surface area contributed by atoms with E-state index >= 15 is 0 Å². The van der Waals surface area contributed by atoms with Crippen molar-refractivity contribution in [2.45, 2.75) is 25.4 Å². The summed E-state index contributed by atoms with van der Waals surface area (Å²) in [6.07, 6.45) is 6.16. The highest BCUT2D eigenvalue weighted by molar-refractivity contribution is 6.32. The van der Waals surface area contributed by atoms with Crippen molar-refractivity contribution in [1.29, 1.82) is 0 Å². The third-order valence-corrected chi connectivity index (χ3v) is 7.21. The van der Waals surface area contributed by atoms with Crippen LogP contribution in [0.2, 0.25) is 5.02 Å². The first kappa shape index (κ1) is 24.1. The van der Waals surface area contributed by atoms with E-state index in [-0.39, 0.29) is 22.0 Å². The van der Waals surface area contributed by atoms with Crippen molar-refractivity contribution >= 4 is 17.4 Å². The summed E-state index contributed by atoms with van der Waals surface area (Å²) in [5.41, 5.74) is 1.19. The van der Waals surface area contributed by atoms with Crippen LogP contribution in [0.15, 0.2) is 65.8 Å². The SMILES string of the molecule is CCC1(O)CCN(c2cc(-c3cc(F)cc(-c4ccc(-n5ccn(C)c5=O)c(Cl)c4)c3O)ccn2)C1. The number of aromatic nitrogens is 3. The highest BCUT2D eigenvalue weighted by atomic mass is 35.5. The molecule has 186 valence electrons. The summed E-state index contributed by atoms with van der Waals surface area (Å²) in [7, 11) is 1.64. The average Bonchev–Trinajstić information content (AvgIpc) is 3.43. The molecule has 0 spiro atoms. The Balaban J connectivity index is 1.53. The first-order valence-corrected chi connectivity index (χ1v) is 12.1. The molecule has 2 aromatic heterocycles. The maximum atomic E-state index is 14.8. The summed E-state index contributed by atoms with van der Waals surface area (Å²) in [4.78, 5) is 18.7. The van der Waals surface area contributed by atoms with E-state index in [4.69, 9.17) is 11.6 Å². The van der Waals surface area contributed by atoms with Gasteiger partial charge >= 0.3 is 5.69 Å². The number of aliphatic hydroxyl groups is 1. The van der Waals surface area contributed by atoms with Gasteiger partial charge in [-0.15, -0.1) is 0 Å². The fourth-order valence-electron chi connectivity index (χ4n) is 4.66. The first-order chi connectivity index (χ1) is 17.2. The predicted molar refractivity (Wildman–Crippen MR) is 138 cm³/mol. The van der Waals surface area contributed by atoms with Crippen molar-refractivity contribution in [3.05, 3.63) is 82.4 Å². The molecule has 1 aliphatic heterocycles. The number of benzene rings is 2. The molecule has 0 aliphatic carbocycles. The molecule has 36 heavy (non-hydrogen) atoms. The van der Waals surface area contributed by atoms with Gasteiger partial charge in [0, 0.05) is 49.9 Å². The Kier molecular flexibility index (Phi) is 6.10. The molecular weight excluding hydrogens is 483 g/mol. The molecule has 0 saturated carbocycles. The van der Waals surface area contributed by atoms with E-state index in [0.29, 0.717) is 54.1 Å². The minimum atomic E-state index is -0.748. The van der Waals surface area contributed by atoms with Gasteiger partial charge in [0.05, 0.1) is 16.3 Å². The number of pyridine rings is 1. The van der Waals surface area contributed by atoms with Crippen molar-refractivity contribution in [3.63, 3.8) is 0 Å². The molecule has 9 heteroatoms. The van der Waals surface area contributed by atoms with Crippen LogP contribution >= 0.6 is 11.6 Å². The zero-order valence-electron chi connectivity index (χ0n) is 19.9. The maximum absolute atomic E-state index is 14.8. The van der Waals surface area contributed by atoms with Crippen molar-refractivity contribution in [2.24, 2.45) is 7.05 Å². The second-order valence-electron chi connectivity index (χ2n) is 9.23. The van der Waals surface area contributed by atoms with Gasteiger partial charge in [-0.25, -0.2) is 14.2 Å². The van der Waals surface area contributed by atoms with Crippen LogP contribution in [-0.4, -0.2) is 43.0 Å². The Hall–Kier alpha value is -3.62. The minimum Gasteiger partial charge on any atom is -0.507 e. The average molecular weight is 509 g/mol. The van der Waals surface area contributed by atoms with E-state index in [2.05, 4.69) is 4.98 Å². The molecule has 4 aromatic rings. The van der Waals surface area contributed by atoms with Gasteiger partial charge < -0.3 is 19.7 Å². The number of β-amino-alcohol motifs (C(OH)–C–C–N with tert-alkyl or cyclic N) is 1. The highest BCUT2D eigenvalue weighted by Crippen LogP contribution is 2.41. The molecule has 1 fully saturated rings. The maximum Gasteiger partial charge on any atom is 0.332 e. The highest BCUT2D eigenvalue weighted by Gasteiger charge is 2.35. The van der Waals surface area contributed by atoms with Crippen molar-refractivity contribution in [2.75, 3.05) is 18.0 Å². The summed E-state index contributed by atoms with van der Waals surface area (Å²) in [6.45, 7) is 3.09. The van der Waals surface area contributed by atoms with E-state index < -0.39 is 11.4 Å². The van der Waals surface area contributed by atoms with Crippen LogP contribution in [-0.2, 0) is 7.05 Å². The van der Waals surface area contributed by atoms with Crippen molar-refractivity contribution < 1.29 is 14.6 Å². The van der Waals surface area contributed by atoms with Crippen LogP contribution in [0.25, 0.3) is 27.9 Å². The zero-order valence-corrected chi connectivity index (χ0v) is 20.7. The van der Waals surface area contributed by atoms with Gasteiger partial charge in [0.1, 0.15) is 17.4 Å². The number of aryl methyl sites for hydroxylation is 1. The number of aromatic hydroxyl groups is 1. The molecule has 1 atom stereocenters. The molecule has 5 rings (SSSR count). The number of hydrogen-bond donors (Lipinski definition) is 2. The normalized spacial score (nSPS) is 17.6. The molecule has 7 nitrogen and oxygen atoms in total. The Labute approximate surface area is 212 Å². The molecule has 0 amide bonds. The van der Waals surface area contributed by atoms with Crippen LogP contribution < -0.4 is 10.6 Å². The lowest BCUT2D eigenvalue weighted by Gasteiger charge is -2.22. The predicted octanol–water partition coefficient (Wildman–Crippen LogP) is 4.75. The molecule has 2 N–H and O–H groups in total. The summed E-state index contributed by atoms with van der Waals surface area (Å²) in [6, 6.07) is 11.0. The van der Waals surface area contributed by atoms with Gasteiger partial charge in [0.25, 0.3) is 0 Å². The van der Waals surface area contributed by atoms with Crippen molar-refractivity contribution in [1.82, 2.24) is 14.1 Å². The number of phenols is 1. The fourth-order valence-corrected chi connectivity index (χ4v) is 4.93. The van der Waals surface area contributed by atoms with Crippen LogP contribution in [0.4, 0.5) is 10.2 Å².